The second kappa shape index (κ2) is 5.10. The van der Waals surface area contributed by atoms with Gasteiger partial charge in [0, 0.05) is 26.0 Å². The number of nitrogens with one attached hydrogen (secondary N) is 1. The lowest BCUT2D eigenvalue weighted by Crippen LogP contribution is -2.39. The van der Waals surface area contributed by atoms with Crippen molar-refractivity contribution in [2.45, 2.75) is 19.4 Å². The largest absolute Gasteiger partial charge is 0.396 e. The number of hydrogen-bond acceptors (Lipinski definition) is 6. The number of rotatable bonds is 4. The molecule has 0 bridgehead atoms. The zero-order valence-electron chi connectivity index (χ0n) is 11.1. The first-order valence-electron chi connectivity index (χ1n) is 5.77. The average molecular weight is 280 g/mol. The second-order valence-electron chi connectivity index (χ2n) is 4.70. The maximum atomic E-state index is 12.1. The number of amides is 1. The summed E-state index contributed by atoms with van der Waals surface area (Å²) in [5, 5.41) is 2.80. The third-order valence-electron chi connectivity index (χ3n) is 2.80. The highest BCUT2D eigenvalue weighted by atomic mass is 32.1. The number of fused-ring (bicyclic) bond motifs is 1. The van der Waals surface area contributed by atoms with E-state index in [-0.39, 0.29) is 5.91 Å². The van der Waals surface area contributed by atoms with E-state index in [0.29, 0.717) is 27.5 Å². The van der Waals surface area contributed by atoms with Gasteiger partial charge in [-0.25, -0.2) is 9.97 Å². The van der Waals surface area contributed by atoms with E-state index in [0.717, 1.165) is 0 Å². The van der Waals surface area contributed by atoms with Crippen LogP contribution in [0, 0.1) is 0 Å². The Morgan fingerprint density at radius 3 is 2.79 bits per heavy atom. The van der Waals surface area contributed by atoms with Crippen LogP contribution < -0.4 is 11.1 Å². The van der Waals surface area contributed by atoms with Crippen LogP contribution in [0.3, 0.4) is 0 Å². The van der Waals surface area contributed by atoms with E-state index in [4.69, 9.17) is 10.5 Å². The van der Waals surface area contributed by atoms with Gasteiger partial charge in [0.2, 0.25) is 0 Å². The normalized spacial score (nSPS) is 11.7. The highest BCUT2D eigenvalue weighted by Crippen LogP contribution is 2.30. The van der Waals surface area contributed by atoms with Crippen LogP contribution in [0.25, 0.3) is 10.3 Å². The third-order valence-corrected chi connectivity index (χ3v) is 3.90. The van der Waals surface area contributed by atoms with Crippen LogP contribution in [0.1, 0.15) is 23.5 Å². The molecule has 0 aromatic carbocycles. The van der Waals surface area contributed by atoms with E-state index in [1.54, 1.807) is 19.5 Å². The Morgan fingerprint density at radius 1 is 1.47 bits per heavy atom. The molecule has 0 aliphatic heterocycles. The molecule has 0 radical (unpaired) electrons. The summed E-state index contributed by atoms with van der Waals surface area (Å²) in [5.41, 5.74) is 6.46. The Bertz CT molecular complexity index is 609. The van der Waals surface area contributed by atoms with Gasteiger partial charge in [-0.2, -0.15) is 0 Å². The minimum absolute atomic E-state index is 0.229. The summed E-state index contributed by atoms with van der Waals surface area (Å²) in [7, 11) is 1.60. The van der Waals surface area contributed by atoms with Crippen molar-refractivity contribution in [3.63, 3.8) is 0 Å². The lowest BCUT2D eigenvalue weighted by Gasteiger charge is -2.22. The molecule has 2 aromatic heterocycles. The van der Waals surface area contributed by atoms with E-state index < -0.39 is 5.60 Å². The first-order valence-corrected chi connectivity index (χ1v) is 6.58. The Labute approximate surface area is 115 Å². The first-order chi connectivity index (χ1) is 8.94. The number of anilines is 1. The number of aromatic nitrogens is 2. The first kappa shape index (κ1) is 13.7. The van der Waals surface area contributed by atoms with Crippen LogP contribution in [-0.4, -0.2) is 35.1 Å². The number of nitrogen functional groups attached to an aromatic ring is 1. The molecule has 2 heterocycles. The van der Waals surface area contributed by atoms with Gasteiger partial charge in [0.05, 0.1) is 11.3 Å². The number of ether oxygens (including phenoxy) is 1. The van der Waals surface area contributed by atoms with Crippen molar-refractivity contribution in [1.82, 2.24) is 15.3 Å². The van der Waals surface area contributed by atoms with E-state index in [9.17, 15) is 4.79 Å². The van der Waals surface area contributed by atoms with Gasteiger partial charge in [-0.3, -0.25) is 4.79 Å². The van der Waals surface area contributed by atoms with Crippen molar-refractivity contribution in [3.8, 4) is 0 Å². The molecule has 0 aliphatic rings. The summed E-state index contributed by atoms with van der Waals surface area (Å²) in [6, 6.07) is 0. The predicted octanol–water partition coefficient (Wildman–Crippen LogP) is 1.43. The van der Waals surface area contributed by atoms with Crippen LogP contribution in [0.15, 0.2) is 12.4 Å². The van der Waals surface area contributed by atoms with Crippen molar-refractivity contribution in [2.75, 3.05) is 19.4 Å². The van der Waals surface area contributed by atoms with Gasteiger partial charge in [0.1, 0.15) is 15.2 Å². The highest BCUT2D eigenvalue weighted by molar-refractivity contribution is 7.21. The van der Waals surface area contributed by atoms with Crippen molar-refractivity contribution in [1.29, 1.82) is 0 Å². The fraction of sp³-hybridized carbons (Fsp3) is 0.417. The molecule has 3 N–H and O–H groups in total. The molecule has 0 unspecified atom stereocenters. The smallest absolute Gasteiger partial charge is 0.263 e. The molecule has 19 heavy (non-hydrogen) atoms. The number of carbonyl (C=O) groups excluding carboxylic acids is 1. The molecule has 0 atom stereocenters. The van der Waals surface area contributed by atoms with Crippen LogP contribution >= 0.6 is 11.3 Å². The maximum Gasteiger partial charge on any atom is 0.263 e. The molecule has 0 saturated carbocycles. The van der Waals surface area contributed by atoms with Crippen LogP contribution in [-0.2, 0) is 4.74 Å². The second-order valence-corrected chi connectivity index (χ2v) is 5.70. The van der Waals surface area contributed by atoms with Gasteiger partial charge in [-0.05, 0) is 13.8 Å². The maximum absolute atomic E-state index is 12.1. The van der Waals surface area contributed by atoms with Crippen molar-refractivity contribution >= 4 is 33.3 Å². The summed E-state index contributed by atoms with van der Waals surface area (Å²) < 4.78 is 5.25. The quantitative estimate of drug-likeness (QED) is 0.884. The van der Waals surface area contributed by atoms with Crippen LogP contribution in [0.4, 0.5) is 5.69 Å². The SMILES string of the molecule is COC(C)(C)CNC(=O)c1sc2nccnc2c1N. The fourth-order valence-corrected chi connectivity index (χ4v) is 2.40. The van der Waals surface area contributed by atoms with Gasteiger partial charge >= 0.3 is 0 Å². The van der Waals surface area contributed by atoms with Gasteiger partial charge in [0.15, 0.2) is 0 Å². The molecular formula is C12H16N4O2S. The summed E-state index contributed by atoms with van der Waals surface area (Å²) in [6.07, 6.45) is 3.13. The summed E-state index contributed by atoms with van der Waals surface area (Å²) >= 11 is 1.24. The average Bonchev–Trinajstić information content (AvgIpc) is 2.74. The highest BCUT2D eigenvalue weighted by Gasteiger charge is 2.21. The molecule has 1 amide bonds. The summed E-state index contributed by atoms with van der Waals surface area (Å²) in [5.74, 6) is -0.229. The van der Waals surface area contributed by atoms with E-state index >= 15 is 0 Å². The van der Waals surface area contributed by atoms with E-state index in [1.165, 1.54) is 11.3 Å². The van der Waals surface area contributed by atoms with Gasteiger partial charge < -0.3 is 15.8 Å². The van der Waals surface area contributed by atoms with Gasteiger partial charge in [-0.1, -0.05) is 0 Å². The van der Waals surface area contributed by atoms with Crippen LogP contribution in [0.5, 0.6) is 0 Å². The molecule has 7 heteroatoms. The summed E-state index contributed by atoms with van der Waals surface area (Å²) in [6.45, 7) is 4.19. The zero-order chi connectivity index (χ0) is 14.0. The van der Waals surface area contributed by atoms with E-state index in [1.807, 2.05) is 13.8 Å². The number of carbonyl (C=O) groups is 1. The van der Waals surface area contributed by atoms with Gasteiger partial charge in [0.25, 0.3) is 5.91 Å². The molecule has 2 aromatic rings. The lowest BCUT2D eigenvalue weighted by molar-refractivity contribution is 0.0229. The molecule has 2 rings (SSSR count). The Morgan fingerprint density at radius 2 is 2.16 bits per heavy atom. The number of methoxy groups -OCH3 is 1. The molecule has 102 valence electrons. The fourth-order valence-electron chi connectivity index (χ4n) is 1.46. The number of hydrogen-bond donors (Lipinski definition) is 2. The molecule has 0 saturated heterocycles. The topological polar surface area (TPSA) is 90.1 Å². The minimum atomic E-state index is -0.419. The Kier molecular flexibility index (Phi) is 3.68. The summed E-state index contributed by atoms with van der Waals surface area (Å²) in [4.78, 5) is 21.5. The molecule has 0 spiro atoms. The zero-order valence-corrected chi connectivity index (χ0v) is 11.9. The third kappa shape index (κ3) is 2.82. The molecule has 0 aliphatic carbocycles. The number of nitrogens with zero attached hydrogens (tertiary/aromatic N) is 2. The monoisotopic (exact) mass is 280 g/mol. The number of nitrogens with two attached hydrogens (primary N) is 1. The van der Waals surface area contributed by atoms with Crippen molar-refractivity contribution in [3.05, 3.63) is 17.3 Å². The van der Waals surface area contributed by atoms with Gasteiger partial charge in [-0.15, -0.1) is 11.3 Å². The molecule has 0 fully saturated rings. The van der Waals surface area contributed by atoms with Crippen LogP contribution in [0.2, 0.25) is 0 Å². The predicted molar refractivity (Wildman–Crippen MR) is 75.2 cm³/mol. The minimum Gasteiger partial charge on any atom is -0.396 e. The molecular weight excluding hydrogens is 264 g/mol. The lowest BCUT2D eigenvalue weighted by atomic mass is 10.1. The molecule has 6 nitrogen and oxygen atoms in total. The standard InChI is InChI=1S/C12H16N4O2S/c1-12(2,18-3)6-16-10(17)9-7(13)8-11(19-9)15-5-4-14-8/h4-5H,6,13H2,1-3H3,(H,16,17). The van der Waals surface area contributed by atoms with Crippen molar-refractivity contribution < 1.29 is 9.53 Å². The number of thiophene rings is 1. The van der Waals surface area contributed by atoms with E-state index in [2.05, 4.69) is 15.3 Å². The Hall–Kier alpha value is -1.73. The Balaban J connectivity index is 2.20. The van der Waals surface area contributed by atoms with Crippen molar-refractivity contribution in [2.24, 2.45) is 0 Å².